The van der Waals surface area contributed by atoms with Gasteiger partial charge in [-0.15, -0.1) is 0 Å². The van der Waals surface area contributed by atoms with Crippen molar-refractivity contribution < 1.29 is 0 Å². The van der Waals surface area contributed by atoms with Gasteiger partial charge in [0, 0.05) is 21.5 Å². The van der Waals surface area contributed by atoms with E-state index in [1.165, 1.54) is 22.3 Å². The van der Waals surface area contributed by atoms with Gasteiger partial charge in [-0.25, -0.2) is 0 Å². The van der Waals surface area contributed by atoms with Crippen LogP contribution in [0.2, 0.25) is 0 Å². The van der Waals surface area contributed by atoms with Crippen LogP contribution in [0.3, 0.4) is 0 Å². The normalized spacial score (nSPS) is 13.0. The number of hydrogen-bond acceptors (Lipinski definition) is 2. The van der Waals surface area contributed by atoms with Gasteiger partial charge in [0.15, 0.2) is 0 Å². The van der Waals surface area contributed by atoms with Crippen molar-refractivity contribution in [2.75, 3.05) is 0 Å². The number of nitrogens with zero attached hydrogens (tertiary/aromatic N) is 4. The Hall–Kier alpha value is -5.32. The Morgan fingerprint density at radius 2 is 0.654 bits per heavy atom. The Labute approximate surface area is 308 Å². The molecule has 0 bridgehead atoms. The molecule has 0 aliphatic carbocycles. The number of hydrogen-bond donors (Lipinski definition) is 0. The van der Waals surface area contributed by atoms with E-state index in [1.807, 2.05) is 12.1 Å². The third-order valence-corrected chi connectivity index (χ3v) is 10.8. The molecule has 4 nitrogen and oxygen atoms in total. The van der Waals surface area contributed by atoms with Gasteiger partial charge in [-0.2, -0.15) is 10.5 Å². The van der Waals surface area contributed by atoms with Crippen molar-refractivity contribution in [1.82, 2.24) is 9.13 Å². The number of rotatable bonds is 2. The van der Waals surface area contributed by atoms with Gasteiger partial charge in [0.05, 0.1) is 45.1 Å². The minimum atomic E-state index is -0.0355. The summed E-state index contributed by atoms with van der Waals surface area (Å²) >= 11 is 0. The fourth-order valence-electron chi connectivity index (χ4n) is 7.58. The maximum atomic E-state index is 11.2. The first kappa shape index (κ1) is 35.1. The Bertz CT molecular complexity index is 2360. The second kappa shape index (κ2) is 11.6. The molecule has 0 saturated heterocycles. The van der Waals surface area contributed by atoms with E-state index in [2.05, 4.69) is 177 Å². The quantitative estimate of drug-likeness (QED) is 0.182. The van der Waals surface area contributed by atoms with Crippen molar-refractivity contribution in [2.45, 2.75) is 105 Å². The Morgan fingerprint density at radius 3 is 0.865 bits per heavy atom. The van der Waals surface area contributed by atoms with Gasteiger partial charge < -0.3 is 9.13 Å². The molecular formula is C48H50N4. The lowest BCUT2D eigenvalue weighted by atomic mass is 9.85. The monoisotopic (exact) mass is 682 g/mol. The molecule has 2 heterocycles. The van der Waals surface area contributed by atoms with Crippen molar-refractivity contribution in [1.29, 1.82) is 10.5 Å². The lowest BCUT2D eigenvalue weighted by Crippen LogP contribution is -2.11. The molecule has 0 aliphatic rings. The highest BCUT2D eigenvalue weighted by molar-refractivity contribution is 6.11. The van der Waals surface area contributed by atoms with Crippen LogP contribution >= 0.6 is 0 Å². The topological polar surface area (TPSA) is 57.4 Å². The van der Waals surface area contributed by atoms with E-state index < -0.39 is 0 Å². The van der Waals surface area contributed by atoms with Crippen LogP contribution < -0.4 is 0 Å². The molecule has 0 saturated carbocycles. The minimum absolute atomic E-state index is 0.0355. The molecular weight excluding hydrogens is 633 g/mol. The molecule has 5 aromatic carbocycles. The summed E-state index contributed by atoms with van der Waals surface area (Å²) in [6, 6.07) is 35.7. The molecule has 0 N–H and O–H groups in total. The molecule has 0 fully saturated rings. The smallest absolute Gasteiger partial charge is 0.104 e. The third kappa shape index (κ3) is 5.66. The summed E-state index contributed by atoms with van der Waals surface area (Å²) in [6.07, 6.45) is 0. The first-order valence-electron chi connectivity index (χ1n) is 18.4. The van der Waals surface area contributed by atoms with Crippen LogP contribution in [0.25, 0.3) is 55.0 Å². The predicted octanol–water partition coefficient (Wildman–Crippen LogP) is 12.8. The summed E-state index contributed by atoms with van der Waals surface area (Å²) in [6.45, 7) is 26.9. The van der Waals surface area contributed by atoms with Crippen LogP contribution in [0.5, 0.6) is 0 Å². The van der Waals surface area contributed by atoms with Crippen molar-refractivity contribution in [3.8, 4) is 23.5 Å². The average Bonchev–Trinajstić information content (AvgIpc) is 3.57. The van der Waals surface area contributed by atoms with E-state index in [4.69, 9.17) is 0 Å². The molecule has 2 aromatic heterocycles. The van der Waals surface area contributed by atoms with Gasteiger partial charge in [0.1, 0.15) is 11.6 Å². The van der Waals surface area contributed by atoms with E-state index in [-0.39, 0.29) is 21.7 Å². The van der Waals surface area contributed by atoms with Crippen LogP contribution in [-0.4, -0.2) is 9.13 Å². The Kier molecular flexibility index (Phi) is 7.83. The van der Waals surface area contributed by atoms with E-state index in [0.29, 0.717) is 22.5 Å². The van der Waals surface area contributed by atoms with Gasteiger partial charge in [0.2, 0.25) is 0 Å². The maximum absolute atomic E-state index is 11.2. The van der Waals surface area contributed by atoms with Crippen LogP contribution in [0.4, 0.5) is 0 Å². The van der Waals surface area contributed by atoms with Crippen LogP contribution in [0.15, 0.2) is 84.9 Å². The highest BCUT2D eigenvalue weighted by atomic mass is 15.0. The SMILES string of the molecule is CC(C)(C)c1ccc2c(c1)c1cc(C(C)(C)C)ccc1n2-c1cc(C#N)cc(-n2c3ccc(C(C)(C)C)cc3c3cc(C(C)(C)C)ccc32)c1C#N. The molecule has 0 unspecified atom stereocenters. The molecule has 52 heavy (non-hydrogen) atoms. The summed E-state index contributed by atoms with van der Waals surface area (Å²) in [5.74, 6) is 0. The summed E-state index contributed by atoms with van der Waals surface area (Å²) in [7, 11) is 0. The maximum Gasteiger partial charge on any atom is 0.104 e. The summed E-state index contributed by atoms with van der Waals surface area (Å²) in [5.41, 5.74) is 11.4. The molecule has 0 spiro atoms. The molecule has 4 heteroatoms. The van der Waals surface area contributed by atoms with Gasteiger partial charge in [0.25, 0.3) is 0 Å². The highest BCUT2D eigenvalue weighted by Gasteiger charge is 2.26. The van der Waals surface area contributed by atoms with Crippen LogP contribution in [-0.2, 0) is 21.7 Å². The summed E-state index contributed by atoms with van der Waals surface area (Å²) in [4.78, 5) is 0. The first-order chi connectivity index (χ1) is 24.2. The molecule has 7 aromatic rings. The lowest BCUT2D eigenvalue weighted by molar-refractivity contribution is 0.590. The minimum Gasteiger partial charge on any atom is -0.308 e. The number of aromatic nitrogens is 2. The van der Waals surface area contributed by atoms with Crippen molar-refractivity contribution >= 4 is 43.6 Å². The fourth-order valence-corrected chi connectivity index (χ4v) is 7.58. The molecule has 0 aliphatic heterocycles. The fraction of sp³-hybridized carbons (Fsp3) is 0.333. The van der Waals surface area contributed by atoms with Gasteiger partial charge in [-0.05, 0) is 105 Å². The molecule has 0 atom stereocenters. The molecule has 0 amide bonds. The Balaban J connectivity index is 1.62. The van der Waals surface area contributed by atoms with Crippen molar-refractivity contribution in [3.63, 3.8) is 0 Å². The van der Waals surface area contributed by atoms with Gasteiger partial charge >= 0.3 is 0 Å². The lowest BCUT2D eigenvalue weighted by Gasteiger charge is -2.20. The molecule has 262 valence electrons. The first-order valence-corrected chi connectivity index (χ1v) is 18.4. The van der Waals surface area contributed by atoms with Crippen molar-refractivity contribution in [3.05, 3.63) is 118 Å². The molecule has 0 radical (unpaired) electrons. The second-order valence-corrected chi connectivity index (χ2v) is 18.7. The summed E-state index contributed by atoms with van der Waals surface area (Å²) in [5, 5.41) is 26.3. The zero-order valence-corrected chi connectivity index (χ0v) is 32.9. The summed E-state index contributed by atoms with van der Waals surface area (Å²) < 4.78 is 4.41. The zero-order chi connectivity index (χ0) is 37.7. The predicted molar refractivity (Wildman–Crippen MR) is 219 cm³/mol. The third-order valence-electron chi connectivity index (χ3n) is 10.8. The van der Waals surface area contributed by atoms with Crippen molar-refractivity contribution in [2.24, 2.45) is 0 Å². The van der Waals surface area contributed by atoms with E-state index in [0.717, 1.165) is 43.6 Å². The standard InChI is InChI=1S/C48H50N4/c1-45(2,3)30-13-17-39-34(23-30)35-24-31(46(4,5)6)14-18-40(35)51(39)43-21-29(27-49)22-44(38(43)28-50)52-41-19-15-32(47(7,8)9)25-36(41)37-26-33(48(10,11)12)16-20-42(37)52/h13-26H,1-12H3. The molecule has 7 rings (SSSR count). The van der Waals surface area contributed by atoms with E-state index >= 15 is 0 Å². The zero-order valence-electron chi connectivity index (χ0n) is 32.9. The number of benzene rings is 5. The number of nitriles is 2. The highest BCUT2D eigenvalue weighted by Crippen LogP contribution is 2.42. The average molecular weight is 683 g/mol. The van der Waals surface area contributed by atoms with Gasteiger partial charge in [-0.3, -0.25) is 0 Å². The van der Waals surface area contributed by atoms with Crippen LogP contribution in [0, 0.1) is 22.7 Å². The van der Waals surface area contributed by atoms with Crippen LogP contribution in [0.1, 0.15) is 116 Å². The van der Waals surface area contributed by atoms with E-state index in [9.17, 15) is 10.5 Å². The van der Waals surface area contributed by atoms with E-state index in [1.54, 1.807) is 0 Å². The Morgan fingerprint density at radius 1 is 0.385 bits per heavy atom. The van der Waals surface area contributed by atoms with Gasteiger partial charge in [-0.1, -0.05) is 107 Å². The number of fused-ring (bicyclic) bond motifs is 6. The largest absolute Gasteiger partial charge is 0.308 e. The second-order valence-electron chi connectivity index (χ2n) is 18.7.